The zero-order chi connectivity index (χ0) is 13.6. The summed E-state index contributed by atoms with van der Waals surface area (Å²) in [5, 5.41) is 0.519. The third-order valence-corrected chi connectivity index (χ3v) is 3.30. The van der Waals surface area contributed by atoms with Crippen molar-refractivity contribution in [2.24, 2.45) is 0 Å². The molecule has 0 saturated carbocycles. The van der Waals surface area contributed by atoms with Crippen LogP contribution in [0.1, 0.15) is 0 Å². The van der Waals surface area contributed by atoms with E-state index in [0.717, 1.165) is 6.07 Å². The van der Waals surface area contributed by atoms with E-state index in [-0.39, 0.29) is 10.3 Å². The zero-order valence-corrected chi connectivity index (χ0v) is 11.0. The normalized spacial score (nSPS) is 11.1. The molecule has 19 heavy (non-hydrogen) atoms. The van der Waals surface area contributed by atoms with E-state index in [0.29, 0.717) is 16.2 Å². The van der Waals surface area contributed by atoms with Crippen molar-refractivity contribution < 1.29 is 8.78 Å². The maximum Gasteiger partial charge on any atom is 0.182 e. The molecule has 0 saturated heterocycles. The Morgan fingerprint density at radius 1 is 1.16 bits per heavy atom. The minimum Gasteiger partial charge on any atom is -0.328 e. The number of nitrogens with zero attached hydrogens (tertiary/aromatic N) is 1. The number of halogens is 3. The van der Waals surface area contributed by atoms with Crippen molar-refractivity contribution in [3.63, 3.8) is 0 Å². The monoisotopic (exact) mass is 296 g/mol. The third-order valence-electron chi connectivity index (χ3n) is 2.78. The van der Waals surface area contributed by atoms with E-state index in [1.165, 1.54) is 6.07 Å². The summed E-state index contributed by atoms with van der Waals surface area (Å²) < 4.78 is 28.9. The van der Waals surface area contributed by atoms with Crippen molar-refractivity contribution in [3.8, 4) is 5.69 Å². The van der Waals surface area contributed by atoms with Gasteiger partial charge in [0.05, 0.1) is 5.52 Å². The lowest BCUT2D eigenvalue weighted by Gasteiger charge is -2.05. The first kappa shape index (κ1) is 12.3. The Morgan fingerprint density at radius 3 is 2.68 bits per heavy atom. The third kappa shape index (κ3) is 2.05. The largest absolute Gasteiger partial charge is 0.328 e. The van der Waals surface area contributed by atoms with Gasteiger partial charge in [-0.3, -0.25) is 4.57 Å². The molecule has 2 aromatic carbocycles. The molecular formula is C13H7ClF2N2S. The van der Waals surface area contributed by atoms with Crippen LogP contribution in [0.15, 0.2) is 36.4 Å². The van der Waals surface area contributed by atoms with Gasteiger partial charge in [0.25, 0.3) is 0 Å². The van der Waals surface area contributed by atoms with Crippen LogP contribution in [-0.2, 0) is 0 Å². The molecule has 0 unspecified atom stereocenters. The standard InChI is InChI=1S/C13H7ClF2N2S/c14-7-2-1-3-9(4-7)18-11-6-8(15)5-10(16)12(11)17-13(18)19/h1-6H,(H,17,19). The average molecular weight is 297 g/mol. The Labute approximate surface area is 117 Å². The fourth-order valence-electron chi connectivity index (χ4n) is 2.00. The summed E-state index contributed by atoms with van der Waals surface area (Å²) >= 11 is 11.1. The van der Waals surface area contributed by atoms with Gasteiger partial charge < -0.3 is 4.98 Å². The van der Waals surface area contributed by atoms with Crippen LogP contribution in [0.2, 0.25) is 5.02 Å². The Morgan fingerprint density at radius 2 is 1.95 bits per heavy atom. The molecule has 2 nitrogen and oxygen atoms in total. The lowest BCUT2D eigenvalue weighted by atomic mass is 10.2. The van der Waals surface area contributed by atoms with Crippen LogP contribution in [0.3, 0.4) is 0 Å². The van der Waals surface area contributed by atoms with E-state index in [4.69, 9.17) is 23.8 Å². The smallest absolute Gasteiger partial charge is 0.182 e. The van der Waals surface area contributed by atoms with Crippen LogP contribution < -0.4 is 0 Å². The highest BCUT2D eigenvalue weighted by Gasteiger charge is 2.12. The van der Waals surface area contributed by atoms with Crippen LogP contribution in [0.25, 0.3) is 16.7 Å². The molecule has 0 aliphatic heterocycles. The van der Waals surface area contributed by atoms with Gasteiger partial charge in [-0.2, -0.15) is 0 Å². The quantitative estimate of drug-likeness (QED) is 0.650. The molecule has 0 radical (unpaired) electrons. The molecule has 0 amide bonds. The lowest BCUT2D eigenvalue weighted by molar-refractivity contribution is 0.590. The maximum absolute atomic E-state index is 13.7. The van der Waals surface area contributed by atoms with Gasteiger partial charge in [-0.1, -0.05) is 17.7 Å². The zero-order valence-electron chi connectivity index (χ0n) is 9.45. The van der Waals surface area contributed by atoms with Crippen molar-refractivity contribution >= 4 is 34.9 Å². The van der Waals surface area contributed by atoms with E-state index in [1.807, 2.05) is 0 Å². The summed E-state index contributed by atoms with van der Waals surface area (Å²) in [4.78, 5) is 2.73. The first-order valence-electron chi connectivity index (χ1n) is 5.42. The number of imidazole rings is 1. The molecule has 0 fully saturated rings. The summed E-state index contributed by atoms with van der Waals surface area (Å²) in [6.07, 6.45) is 0. The van der Waals surface area contributed by atoms with E-state index >= 15 is 0 Å². The molecule has 1 N–H and O–H groups in total. The van der Waals surface area contributed by atoms with E-state index < -0.39 is 11.6 Å². The van der Waals surface area contributed by atoms with Crippen molar-refractivity contribution in [2.75, 3.05) is 0 Å². The number of benzene rings is 2. The summed E-state index contributed by atoms with van der Waals surface area (Å²) in [5.74, 6) is -1.34. The highest BCUT2D eigenvalue weighted by molar-refractivity contribution is 7.71. The molecule has 1 heterocycles. The van der Waals surface area contributed by atoms with Crippen molar-refractivity contribution in [2.45, 2.75) is 0 Å². The number of H-pyrrole nitrogens is 1. The number of fused-ring (bicyclic) bond motifs is 1. The second kappa shape index (κ2) is 4.43. The summed E-state index contributed by atoms with van der Waals surface area (Å²) in [7, 11) is 0. The van der Waals surface area contributed by atoms with Crippen LogP contribution in [0.5, 0.6) is 0 Å². The van der Waals surface area contributed by atoms with Crippen LogP contribution in [-0.4, -0.2) is 9.55 Å². The molecule has 6 heteroatoms. The number of aromatic amines is 1. The first-order chi connectivity index (χ1) is 9.06. The summed E-state index contributed by atoms with van der Waals surface area (Å²) in [6.45, 7) is 0. The predicted molar refractivity (Wildman–Crippen MR) is 73.4 cm³/mol. The SMILES string of the molecule is Fc1cc(F)c2[nH]c(=S)n(-c3cccc(Cl)c3)c2c1. The second-order valence-corrected chi connectivity index (χ2v) is 4.85. The van der Waals surface area contributed by atoms with Gasteiger partial charge in [-0.05, 0) is 30.4 Å². The molecule has 3 rings (SSSR count). The van der Waals surface area contributed by atoms with Gasteiger partial charge in [0, 0.05) is 22.8 Å². The molecule has 1 aromatic heterocycles. The van der Waals surface area contributed by atoms with Gasteiger partial charge in [0.1, 0.15) is 11.3 Å². The fourth-order valence-corrected chi connectivity index (χ4v) is 2.49. The molecular weight excluding hydrogens is 290 g/mol. The number of hydrogen-bond acceptors (Lipinski definition) is 1. The van der Waals surface area contributed by atoms with Gasteiger partial charge in [-0.15, -0.1) is 0 Å². The minimum atomic E-state index is -0.679. The van der Waals surface area contributed by atoms with Crippen LogP contribution in [0, 0.1) is 16.4 Å². The van der Waals surface area contributed by atoms with Gasteiger partial charge in [-0.25, -0.2) is 8.78 Å². The first-order valence-corrected chi connectivity index (χ1v) is 6.20. The van der Waals surface area contributed by atoms with E-state index in [1.54, 1.807) is 28.8 Å². The van der Waals surface area contributed by atoms with Gasteiger partial charge in [0.2, 0.25) is 0 Å². The summed E-state index contributed by atoms with van der Waals surface area (Å²) in [6, 6.07) is 8.94. The average Bonchev–Trinajstić information content (AvgIpc) is 2.66. The van der Waals surface area contributed by atoms with E-state index in [9.17, 15) is 8.78 Å². The van der Waals surface area contributed by atoms with E-state index in [2.05, 4.69) is 4.98 Å². The van der Waals surface area contributed by atoms with Crippen molar-refractivity contribution in [3.05, 3.63) is 57.8 Å². The maximum atomic E-state index is 13.7. The number of aromatic nitrogens is 2. The van der Waals surface area contributed by atoms with Crippen molar-refractivity contribution in [1.29, 1.82) is 0 Å². The number of hydrogen-bond donors (Lipinski definition) is 1. The predicted octanol–water partition coefficient (Wildman–Crippen LogP) is 4.62. The molecule has 3 aromatic rings. The fraction of sp³-hybridized carbons (Fsp3) is 0. The number of nitrogens with one attached hydrogen (secondary N) is 1. The molecule has 0 atom stereocenters. The molecule has 96 valence electrons. The lowest BCUT2D eigenvalue weighted by Crippen LogP contribution is -1.94. The molecule has 0 bridgehead atoms. The molecule has 0 aliphatic rings. The highest BCUT2D eigenvalue weighted by Crippen LogP contribution is 2.24. The Bertz CT molecular complexity index is 838. The molecule has 0 spiro atoms. The second-order valence-electron chi connectivity index (χ2n) is 4.03. The minimum absolute atomic E-state index is 0.173. The van der Waals surface area contributed by atoms with Crippen LogP contribution in [0.4, 0.5) is 8.78 Å². The Hall–Kier alpha value is -1.72. The highest BCUT2D eigenvalue weighted by atomic mass is 35.5. The Kier molecular flexibility index (Phi) is 2.88. The Balaban J connectivity index is 2.41. The van der Waals surface area contributed by atoms with Crippen LogP contribution >= 0.6 is 23.8 Å². The van der Waals surface area contributed by atoms with Gasteiger partial charge in [0.15, 0.2) is 10.6 Å². The van der Waals surface area contributed by atoms with Crippen molar-refractivity contribution in [1.82, 2.24) is 9.55 Å². The van der Waals surface area contributed by atoms with Gasteiger partial charge >= 0.3 is 0 Å². The molecule has 0 aliphatic carbocycles. The number of rotatable bonds is 1. The summed E-state index contributed by atoms with van der Waals surface area (Å²) in [5.41, 5.74) is 1.16. The topological polar surface area (TPSA) is 20.7 Å².